The minimum absolute atomic E-state index is 0.0416. The van der Waals surface area contributed by atoms with E-state index in [1.54, 1.807) is 12.3 Å². The number of rotatable bonds is 6. The summed E-state index contributed by atoms with van der Waals surface area (Å²) in [6.45, 7) is 7.89. The van der Waals surface area contributed by atoms with E-state index >= 15 is 0 Å². The van der Waals surface area contributed by atoms with Crippen molar-refractivity contribution in [3.05, 3.63) is 18.1 Å². The highest BCUT2D eigenvalue weighted by atomic mass is 16.4. The van der Waals surface area contributed by atoms with Crippen molar-refractivity contribution in [1.82, 2.24) is 9.97 Å². The van der Waals surface area contributed by atoms with Gasteiger partial charge in [0.15, 0.2) is 0 Å². The first kappa shape index (κ1) is 14.4. The van der Waals surface area contributed by atoms with Gasteiger partial charge in [0.25, 0.3) is 0 Å². The van der Waals surface area contributed by atoms with Gasteiger partial charge in [0.05, 0.1) is 0 Å². The molecule has 0 saturated heterocycles. The molecule has 0 radical (unpaired) electrons. The summed E-state index contributed by atoms with van der Waals surface area (Å²) in [5, 5.41) is 12.2. The van der Waals surface area contributed by atoms with E-state index in [-0.39, 0.29) is 11.8 Å². The molecule has 1 rings (SSSR count). The second kappa shape index (κ2) is 6.33. The third-order valence-electron chi connectivity index (χ3n) is 2.97. The average molecular weight is 251 g/mol. The Morgan fingerprint density at radius 2 is 2.11 bits per heavy atom. The second-order valence-corrected chi connectivity index (χ2v) is 4.80. The molecule has 1 heterocycles. The van der Waals surface area contributed by atoms with Crippen molar-refractivity contribution in [1.29, 1.82) is 0 Å². The van der Waals surface area contributed by atoms with Gasteiger partial charge in [-0.3, -0.25) is 0 Å². The van der Waals surface area contributed by atoms with Crippen LogP contribution in [0, 0.1) is 5.92 Å². The summed E-state index contributed by atoms with van der Waals surface area (Å²) >= 11 is 0. The van der Waals surface area contributed by atoms with Gasteiger partial charge in [0.1, 0.15) is 17.7 Å². The number of hydrogen-bond acceptors (Lipinski definition) is 4. The molecular formula is C13H21N3O2. The maximum atomic E-state index is 11.2. The van der Waals surface area contributed by atoms with Gasteiger partial charge < -0.3 is 10.4 Å². The summed E-state index contributed by atoms with van der Waals surface area (Å²) in [5.74, 6) is 0.697. The lowest BCUT2D eigenvalue weighted by Gasteiger charge is -2.20. The minimum atomic E-state index is -0.853. The molecule has 0 amide bonds. The lowest BCUT2D eigenvalue weighted by atomic mass is 9.99. The van der Waals surface area contributed by atoms with Crippen molar-refractivity contribution in [3.8, 4) is 0 Å². The van der Waals surface area contributed by atoms with Crippen LogP contribution in [0.1, 0.15) is 45.9 Å². The lowest BCUT2D eigenvalue weighted by Crippen LogP contribution is -2.35. The smallest absolute Gasteiger partial charge is 0.326 e. The number of carboxylic acid groups (broad SMARTS) is 1. The van der Waals surface area contributed by atoms with Crippen LogP contribution in [0.3, 0.4) is 0 Å². The monoisotopic (exact) mass is 251 g/mol. The molecule has 5 nitrogen and oxygen atoms in total. The molecule has 2 atom stereocenters. The first-order valence-electron chi connectivity index (χ1n) is 6.28. The Kier molecular flexibility index (Phi) is 5.07. The van der Waals surface area contributed by atoms with Gasteiger partial charge in [-0.05, 0) is 12.0 Å². The van der Waals surface area contributed by atoms with Crippen molar-refractivity contribution >= 4 is 11.8 Å². The normalized spacial score (nSPS) is 14.3. The molecule has 0 aromatic carbocycles. The van der Waals surface area contributed by atoms with Crippen LogP contribution in [0.15, 0.2) is 12.3 Å². The standard InChI is InChI=1S/C13H21N3O2/c1-5-9(4)11(13(17)18)15-10-6-7-14-12(16-10)8(2)3/h6-9,11H,5H2,1-4H3,(H,17,18)(H,14,15,16)/t9-,11-/m0/s1. The van der Waals surface area contributed by atoms with Crippen LogP contribution in [-0.4, -0.2) is 27.1 Å². The maximum absolute atomic E-state index is 11.2. The molecule has 2 N–H and O–H groups in total. The van der Waals surface area contributed by atoms with Crippen molar-refractivity contribution in [2.45, 2.75) is 46.1 Å². The average Bonchev–Trinajstić information content (AvgIpc) is 2.35. The van der Waals surface area contributed by atoms with E-state index in [4.69, 9.17) is 0 Å². The zero-order valence-electron chi connectivity index (χ0n) is 11.3. The predicted molar refractivity (Wildman–Crippen MR) is 70.6 cm³/mol. The Labute approximate surface area is 108 Å². The van der Waals surface area contributed by atoms with Crippen molar-refractivity contribution < 1.29 is 9.90 Å². The number of aromatic nitrogens is 2. The summed E-state index contributed by atoms with van der Waals surface area (Å²) in [4.78, 5) is 19.7. The van der Waals surface area contributed by atoms with Gasteiger partial charge in [-0.1, -0.05) is 34.1 Å². The Morgan fingerprint density at radius 3 is 2.61 bits per heavy atom. The molecule has 0 aliphatic carbocycles. The van der Waals surface area contributed by atoms with Crippen LogP contribution in [-0.2, 0) is 4.79 Å². The van der Waals surface area contributed by atoms with Crippen LogP contribution >= 0.6 is 0 Å². The summed E-state index contributed by atoms with van der Waals surface area (Å²) in [7, 11) is 0. The topological polar surface area (TPSA) is 75.1 Å². The number of aliphatic carboxylic acids is 1. The van der Waals surface area contributed by atoms with Crippen LogP contribution in [0.4, 0.5) is 5.82 Å². The van der Waals surface area contributed by atoms with Gasteiger partial charge in [-0.25, -0.2) is 14.8 Å². The minimum Gasteiger partial charge on any atom is -0.480 e. The third-order valence-corrected chi connectivity index (χ3v) is 2.97. The van der Waals surface area contributed by atoms with E-state index in [0.717, 1.165) is 6.42 Å². The highest BCUT2D eigenvalue weighted by Gasteiger charge is 2.23. The van der Waals surface area contributed by atoms with Gasteiger partial charge in [-0.2, -0.15) is 0 Å². The Bertz CT molecular complexity index is 407. The second-order valence-electron chi connectivity index (χ2n) is 4.80. The maximum Gasteiger partial charge on any atom is 0.326 e. The van der Waals surface area contributed by atoms with Crippen molar-refractivity contribution in [3.63, 3.8) is 0 Å². The third kappa shape index (κ3) is 3.68. The summed E-state index contributed by atoms with van der Waals surface area (Å²) in [6.07, 6.45) is 2.45. The molecule has 5 heteroatoms. The molecule has 100 valence electrons. The molecule has 0 saturated carbocycles. The molecule has 0 aliphatic rings. The Balaban J connectivity index is 2.87. The van der Waals surface area contributed by atoms with Crippen LogP contribution in [0.25, 0.3) is 0 Å². The van der Waals surface area contributed by atoms with E-state index in [9.17, 15) is 9.90 Å². The van der Waals surface area contributed by atoms with Crippen molar-refractivity contribution in [2.75, 3.05) is 5.32 Å². The van der Waals surface area contributed by atoms with Gasteiger partial charge in [-0.15, -0.1) is 0 Å². The summed E-state index contributed by atoms with van der Waals surface area (Å²) < 4.78 is 0. The molecule has 0 spiro atoms. The van der Waals surface area contributed by atoms with Crippen LogP contribution < -0.4 is 5.32 Å². The number of nitrogens with one attached hydrogen (secondary N) is 1. The number of carbonyl (C=O) groups is 1. The molecule has 0 bridgehead atoms. The highest BCUT2D eigenvalue weighted by molar-refractivity contribution is 5.77. The first-order valence-corrected chi connectivity index (χ1v) is 6.28. The predicted octanol–water partition coefficient (Wildman–Crippen LogP) is 2.51. The highest BCUT2D eigenvalue weighted by Crippen LogP contribution is 2.16. The number of hydrogen-bond donors (Lipinski definition) is 2. The molecule has 1 aromatic heterocycles. The van der Waals surface area contributed by atoms with Crippen molar-refractivity contribution in [2.24, 2.45) is 5.92 Å². The van der Waals surface area contributed by atoms with Gasteiger partial charge in [0.2, 0.25) is 0 Å². The fourth-order valence-corrected chi connectivity index (χ4v) is 1.57. The fraction of sp³-hybridized carbons (Fsp3) is 0.615. The molecular weight excluding hydrogens is 230 g/mol. The van der Waals surface area contributed by atoms with E-state index in [2.05, 4.69) is 15.3 Å². The Morgan fingerprint density at radius 1 is 1.44 bits per heavy atom. The molecule has 18 heavy (non-hydrogen) atoms. The quantitative estimate of drug-likeness (QED) is 0.812. The summed E-state index contributed by atoms with van der Waals surface area (Å²) in [6, 6.07) is 1.08. The SMILES string of the molecule is CC[C@H](C)[C@H](Nc1ccnc(C(C)C)n1)C(=O)O. The lowest BCUT2D eigenvalue weighted by molar-refractivity contribution is -0.139. The zero-order valence-corrected chi connectivity index (χ0v) is 11.3. The molecule has 1 aromatic rings. The number of nitrogens with zero attached hydrogens (tertiary/aromatic N) is 2. The fourth-order valence-electron chi connectivity index (χ4n) is 1.57. The van der Waals surface area contributed by atoms with E-state index < -0.39 is 12.0 Å². The Hall–Kier alpha value is -1.65. The van der Waals surface area contributed by atoms with Crippen LogP contribution in [0.2, 0.25) is 0 Å². The van der Waals surface area contributed by atoms with E-state index in [1.807, 2.05) is 27.7 Å². The largest absolute Gasteiger partial charge is 0.480 e. The zero-order chi connectivity index (χ0) is 13.7. The van der Waals surface area contributed by atoms with Gasteiger partial charge >= 0.3 is 5.97 Å². The molecule has 0 unspecified atom stereocenters. The van der Waals surface area contributed by atoms with Gasteiger partial charge in [0, 0.05) is 12.1 Å². The number of anilines is 1. The first-order chi connectivity index (χ1) is 8.45. The van der Waals surface area contributed by atoms with E-state index in [0.29, 0.717) is 11.6 Å². The number of carboxylic acids is 1. The summed E-state index contributed by atoms with van der Waals surface area (Å²) in [5.41, 5.74) is 0. The molecule has 0 aliphatic heterocycles. The van der Waals surface area contributed by atoms with Crippen LogP contribution in [0.5, 0.6) is 0 Å². The van der Waals surface area contributed by atoms with E-state index in [1.165, 1.54) is 0 Å². The molecule has 0 fully saturated rings.